The molecule has 25 heavy (non-hydrogen) atoms. The van der Waals surface area contributed by atoms with Crippen LogP contribution in [0.5, 0.6) is 0 Å². The van der Waals surface area contributed by atoms with Gasteiger partial charge in [0.2, 0.25) is 0 Å². The van der Waals surface area contributed by atoms with Crippen molar-refractivity contribution in [2.45, 2.75) is 25.7 Å². The highest BCUT2D eigenvalue weighted by atomic mass is 127. The largest absolute Gasteiger partial charge is 0.352 e. The molecule has 0 aromatic heterocycles. The lowest BCUT2D eigenvalue weighted by Crippen LogP contribution is -2.28. The molecule has 0 saturated heterocycles. The summed E-state index contributed by atoms with van der Waals surface area (Å²) in [6.07, 6.45) is 0. The summed E-state index contributed by atoms with van der Waals surface area (Å²) in [5, 5.41) is 2.82. The predicted molar refractivity (Wildman–Crippen MR) is 108 cm³/mol. The van der Waals surface area contributed by atoms with Crippen LogP contribution in [0.2, 0.25) is 0 Å². The Hall–Kier alpha value is -1.61. The Bertz CT molecular complexity index is 862. The fourth-order valence-electron chi connectivity index (χ4n) is 2.14. The number of halogens is 1. The number of benzene rings is 2. The summed E-state index contributed by atoms with van der Waals surface area (Å²) in [4.78, 5) is 12.4. The number of carbonyl (C=O) groups is 1. The van der Waals surface area contributed by atoms with Gasteiger partial charge < -0.3 is 5.32 Å². The molecule has 0 aliphatic rings. The highest BCUT2D eigenvalue weighted by Crippen LogP contribution is 2.20. The van der Waals surface area contributed by atoms with Crippen molar-refractivity contribution in [1.29, 1.82) is 0 Å². The number of hydrogen-bond acceptors (Lipinski definition) is 3. The third-order valence-corrected chi connectivity index (χ3v) is 5.63. The van der Waals surface area contributed by atoms with Gasteiger partial charge in [-0.25, -0.2) is 8.42 Å². The second kappa shape index (κ2) is 8.18. The molecule has 2 aromatic rings. The summed E-state index contributed by atoms with van der Waals surface area (Å²) < 4.78 is 28.7. The van der Waals surface area contributed by atoms with E-state index in [1.807, 2.05) is 26.0 Å². The topological polar surface area (TPSA) is 75.3 Å². The highest BCUT2D eigenvalue weighted by Gasteiger charge is 2.18. The molecule has 5 nitrogen and oxygen atoms in total. The summed E-state index contributed by atoms with van der Waals surface area (Å²) >= 11 is 2.15. The monoisotopic (exact) mass is 472 g/mol. The third kappa shape index (κ3) is 5.43. The number of rotatable bonds is 6. The molecule has 0 aliphatic carbocycles. The molecule has 0 aliphatic heterocycles. The smallest absolute Gasteiger partial charge is 0.261 e. The lowest BCUT2D eigenvalue weighted by atomic mass is 10.1. The van der Waals surface area contributed by atoms with Crippen LogP contribution in [0.4, 0.5) is 5.69 Å². The number of hydrogen-bond donors (Lipinski definition) is 2. The Morgan fingerprint density at radius 1 is 1.12 bits per heavy atom. The molecular weight excluding hydrogens is 451 g/mol. The van der Waals surface area contributed by atoms with Crippen LogP contribution in [-0.2, 0) is 10.0 Å². The average Bonchev–Trinajstić information content (AvgIpc) is 2.54. The highest BCUT2D eigenvalue weighted by molar-refractivity contribution is 14.1. The molecule has 0 radical (unpaired) electrons. The normalized spacial score (nSPS) is 11.4. The van der Waals surface area contributed by atoms with Gasteiger partial charge in [-0.3, -0.25) is 9.52 Å². The zero-order valence-electron chi connectivity index (χ0n) is 14.3. The summed E-state index contributed by atoms with van der Waals surface area (Å²) in [7, 11) is -3.76. The standard InChI is InChI=1S/C18H21IN2O3S/c1-12(2)11-20-18(22)17-10-16(9-4-13(17)3)25(23,24)21-15-7-5-14(19)6-8-15/h4-10,12,21H,11H2,1-3H3,(H,20,22). The molecule has 0 fully saturated rings. The predicted octanol–water partition coefficient (Wildman–Crippen LogP) is 3.79. The van der Waals surface area contributed by atoms with Gasteiger partial charge in [0.25, 0.3) is 15.9 Å². The molecule has 7 heteroatoms. The van der Waals surface area contributed by atoms with E-state index in [0.717, 1.165) is 9.13 Å². The maximum Gasteiger partial charge on any atom is 0.261 e. The van der Waals surface area contributed by atoms with Crippen molar-refractivity contribution in [3.05, 3.63) is 57.2 Å². The molecule has 1 amide bonds. The second-order valence-electron chi connectivity index (χ2n) is 6.19. The molecule has 0 bridgehead atoms. The molecule has 134 valence electrons. The van der Waals surface area contributed by atoms with Crippen molar-refractivity contribution in [2.24, 2.45) is 5.92 Å². The zero-order chi connectivity index (χ0) is 18.6. The molecular formula is C18H21IN2O3S. The van der Waals surface area contributed by atoms with Crippen LogP contribution in [0.25, 0.3) is 0 Å². The van der Waals surface area contributed by atoms with Gasteiger partial charge in [0, 0.05) is 21.4 Å². The molecule has 0 unspecified atom stereocenters. The fraction of sp³-hybridized carbons (Fsp3) is 0.278. The van der Waals surface area contributed by atoms with Gasteiger partial charge in [-0.1, -0.05) is 19.9 Å². The summed E-state index contributed by atoms with van der Waals surface area (Å²) in [6.45, 7) is 6.32. The van der Waals surface area contributed by atoms with Gasteiger partial charge in [-0.2, -0.15) is 0 Å². The minimum Gasteiger partial charge on any atom is -0.352 e. The van der Waals surface area contributed by atoms with Gasteiger partial charge in [-0.05, 0) is 77.4 Å². The number of nitrogens with one attached hydrogen (secondary N) is 2. The van der Waals surface area contributed by atoms with Crippen molar-refractivity contribution in [3.8, 4) is 0 Å². The van der Waals surface area contributed by atoms with Crippen molar-refractivity contribution in [3.63, 3.8) is 0 Å². The molecule has 0 saturated carbocycles. The van der Waals surface area contributed by atoms with E-state index in [4.69, 9.17) is 0 Å². The SMILES string of the molecule is Cc1ccc(S(=O)(=O)Nc2ccc(I)cc2)cc1C(=O)NCC(C)C. The van der Waals surface area contributed by atoms with Crippen LogP contribution in [0, 0.1) is 16.4 Å². The molecule has 0 spiro atoms. The number of anilines is 1. The number of amides is 1. The van der Waals surface area contributed by atoms with Crippen LogP contribution in [0.3, 0.4) is 0 Å². The van der Waals surface area contributed by atoms with Crippen molar-refractivity contribution in [2.75, 3.05) is 11.3 Å². The Balaban J connectivity index is 2.27. The Morgan fingerprint density at radius 3 is 2.36 bits per heavy atom. The van der Waals surface area contributed by atoms with Gasteiger partial charge in [0.15, 0.2) is 0 Å². The van der Waals surface area contributed by atoms with Crippen molar-refractivity contribution < 1.29 is 13.2 Å². The summed E-state index contributed by atoms with van der Waals surface area (Å²) in [5.74, 6) is 0.0521. The second-order valence-corrected chi connectivity index (χ2v) is 9.12. The average molecular weight is 472 g/mol. The molecule has 0 heterocycles. The molecule has 2 rings (SSSR count). The number of carbonyl (C=O) groups excluding carboxylic acids is 1. The minimum absolute atomic E-state index is 0.0614. The third-order valence-electron chi connectivity index (χ3n) is 3.53. The first-order chi connectivity index (χ1) is 11.7. The fourth-order valence-corrected chi connectivity index (χ4v) is 3.58. The Morgan fingerprint density at radius 2 is 1.76 bits per heavy atom. The molecule has 0 atom stereocenters. The molecule has 2 N–H and O–H groups in total. The Kier molecular flexibility index (Phi) is 6.45. The first-order valence-corrected chi connectivity index (χ1v) is 10.4. The van der Waals surface area contributed by atoms with E-state index >= 15 is 0 Å². The molecule has 2 aromatic carbocycles. The van der Waals surface area contributed by atoms with Gasteiger partial charge >= 0.3 is 0 Å². The van der Waals surface area contributed by atoms with E-state index in [9.17, 15) is 13.2 Å². The van der Waals surface area contributed by atoms with Crippen molar-refractivity contribution in [1.82, 2.24) is 5.32 Å². The number of sulfonamides is 1. The van der Waals surface area contributed by atoms with Crippen LogP contribution in [-0.4, -0.2) is 20.9 Å². The van der Waals surface area contributed by atoms with E-state index in [2.05, 4.69) is 32.6 Å². The number of aryl methyl sites for hydroxylation is 1. The summed E-state index contributed by atoms with van der Waals surface area (Å²) in [5.41, 5.74) is 1.58. The Labute approximate surface area is 162 Å². The summed E-state index contributed by atoms with van der Waals surface area (Å²) in [6, 6.07) is 11.6. The first-order valence-electron chi connectivity index (χ1n) is 7.86. The lowest BCUT2D eigenvalue weighted by Gasteiger charge is -2.12. The van der Waals surface area contributed by atoms with Crippen molar-refractivity contribution >= 4 is 44.2 Å². The van der Waals surface area contributed by atoms with E-state index in [1.54, 1.807) is 25.1 Å². The van der Waals surface area contributed by atoms with Gasteiger partial charge in [0.1, 0.15) is 0 Å². The quantitative estimate of drug-likeness (QED) is 0.629. The van der Waals surface area contributed by atoms with Gasteiger partial charge in [-0.15, -0.1) is 0 Å². The van der Waals surface area contributed by atoms with Crippen LogP contribution < -0.4 is 10.0 Å². The van der Waals surface area contributed by atoms with Gasteiger partial charge in [0.05, 0.1) is 4.90 Å². The van der Waals surface area contributed by atoms with Crippen LogP contribution in [0.1, 0.15) is 29.8 Å². The first kappa shape index (κ1) is 19.7. The minimum atomic E-state index is -3.76. The zero-order valence-corrected chi connectivity index (χ0v) is 17.3. The van der Waals surface area contributed by atoms with Crippen LogP contribution >= 0.6 is 22.6 Å². The van der Waals surface area contributed by atoms with E-state index in [0.29, 0.717) is 23.7 Å². The van der Waals surface area contributed by atoms with Crippen LogP contribution in [0.15, 0.2) is 47.4 Å². The maximum absolute atomic E-state index is 12.6. The van der Waals surface area contributed by atoms with E-state index < -0.39 is 10.0 Å². The van der Waals surface area contributed by atoms with E-state index in [-0.39, 0.29) is 10.8 Å². The lowest BCUT2D eigenvalue weighted by molar-refractivity contribution is 0.0948. The van der Waals surface area contributed by atoms with E-state index in [1.165, 1.54) is 12.1 Å². The maximum atomic E-state index is 12.6.